The first-order chi connectivity index (χ1) is 12.5. The van der Waals surface area contributed by atoms with Gasteiger partial charge in [0.05, 0.1) is 0 Å². The maximum Gasteiger partial charge on any atom is 0.348 e. The van der Waals surface area contributed by atoms with Crippen LogP contribution in [0.3, 0.4) is 0 Å². The second-order valence-corrected chi connectivity index (χ2v) is 6.50. The zero-order chi connectivity index (χ0) is 18.3. The van der Waals surface area contributed by atoms with Gasteiger partial charge in [0.15, 0.2) is 6.10 Å². The van der Waals surface area contributed by atoms with Gasteiger partial charge in [-0.2, -0.15) is 0 Å². The van der Waals surface area contributed by atoms with Gasteiger partial charge >= 0.3 is 11.6 Å². The number of para-hydroxylation sites is 1. The molecule has 0 spiro atoms. The maximum absolute atomic E-state index is 12.4. The summed E-state index contributed by atoms with van der Waals surface area (Å²) in [5.74, 6) is 0.276. The number of carbonyl (C=O) groups is 1. The van der Waals surface area contributed by atoms with E-state index >= 15 is 0 Å². The molecule has 26 heavy (non-hydrogen) atoms. The lowest BCUT2D eigenvalue weighted by molar-refractivity contribution is -0.152. The monoisotopic (exact) mass is 350 g/mol. The number of carbonyl (C=O) groups excluding carboxylic acids is 1. The second kappa shape index (κ2) is 6.33. The van der Waals surface area contributed by atoms with E-state index in [9.17, 15) is 9.59 Å². The number of esters is 1. The average molecular weight is 350 g/mol. The molecular weight excluding hydrogens is 332 g/mol. The summed E-state index contributed by atoms with van der Waals surface area (Å²) < 4.78 is 16.4. The summed E-state index contributed by atoms with van der Waals surface area (Å²) in [5.41, 5.74) is 3.64. The van der Waals surface area contributed by atoms with E-state index in [1.165, 1.54) is 6.07 Å². The van der Waals surface area contributed by atoms with Crippen molar-refractivity contribution >= 4 is 16.9 Å². The van der Waals surface area contributed by atoms with Crippen LogP contribution in [0, 0.1) is 13.8 Å². The van der Waals surface area contributed by atoms with Crippen LogP contribution >= 0.6 is 0 Å². The van der Waals surface area contributed by atoms with Gasteiger partial charge in [-0.3, -0.25) is 0 Å². The van der Waals surface area contributed by atoms with Crippen molar-refractivity contribution in [3.05, 3.63) is 75.1 Å². The quantitative estimate of drug-likeness (QED) is 0.535. The molecule has 1 aliphatic rings. The van der Waals surface area contributed by atoms with E-state index in [1.807, 2.05) is 50.2 Å². The Balaban J connectivity index is 1.54. The number of benzene rings is 2. The topological polar surface area (TPSA) is 65.7 Å². The Hall–Kier alpha value is -3.08. The van der Waals surface area contributed by atoms with Crippen LogP contribution in [0.25, 0.3) is 11.0 Å². The highest BCUT2D eigenvalue weighted by Gasteiger charge is 2.30. The Bertz CT molecular complexity index is 1040. The average Bonchev–Trinajstić information content (AvgIpc) is 3.07. The molecule has 1 aromatic heterocycles. The molecule has 5 nitrogen and oxygen atoms in total. The second-order valence-electron chi connectivity index (χ2n) is 6.50. The van der Waals surface area contributed by atoms with Crippen LogP contribution in [0.4, 0.5) is 0 Å². The summed E-state index contributed by atoms with van der Waals surface area (Å²) in [6.07, 6.45) is -0.159. The van der Waals surface area contributed by atoms with Gasteiger partial charge in [-0.05, 0) is 36.6 Å². The first kappa shape index (κ1) is 16.4. The molecule has 0 amide bonds. The number of hydrogen-bond donors (Lipinski definition) is 0. The molecule has 0 aliphatic carbocycles. The van der Waals surface area contributed by atoms with Crippen molar-refractivity contribution in [3.8, 4) is 5.75 Å². The molecule has 0 radical (unpaired) electrons. The summed E-state index contributed by atoms with van der Waals surface area (Å²) in [7, 11) is 0. The fourth-order valence-electron chi connectivity index (χ4n) is 3.20. The van der Waals surface area contributed by atoms with Gasteiger partial charge in [-0.1, -0.05) is 30.3 Å². The Morgan fingerprint density at radius 3 is 2.81 bits per heavy atom. The van der Waals surface area contributed by atoms with Gasteiger partial charge in [0, 0.05) is 23.4 Å². The summed E-state index contributed by atoms with van der Waals surface area (Å²) in [5, 5.41) is 0.774. The number of rotatable bonds is 3. The molecule has 1 aliphatic heterocycles. The minimum absolute atomic E-state index is 0.000358. The van der Waals surface area contributed by atoms with E-state index in [-0.39, 0.29) is 6.61 Å². The smallest absolute Gasteiger partial charge is 0.348 e. The number of aryl methyl sites for hydroxylation is 2. The maximum atomic E-state index is 12.4. The molecule has 3 aromatic rings. The van der Waals surface area contributed by atoms with Crippen LogP contribution in [0.5, 0.6) is 5.75 Å². The minimum Gasteiger partial charge on any atom is -0.478 e. The third-order valence-corrected chi connectivity index (χ3v) is 4.80. The Morgan fingerprint density at radius 1 is 1.19 bits per heavy atom. The predicted octanol–water partition coefficient (Wildman–Crippen LogP) is 3.46. The first-order valence-corrected chi connectivity index (χ1v) is 8.47. The number of fused-ring (bicyclic) bond motifs is 2. The standard InChI is InChI=1S/C21H18O5/c1-12-7-8-16-15(10-19(22)26-20(16)13(12)2)11-24-21(23)18-9-14-5-3-4-6-17(14)25-18/h3-8,10,18H,9,11H2,1-2H3/t18-/m1/s1. The van der Waals surface area contributed by atoms with E-state index in [4.69, 9.17) is 13.9 Å². The van der Waals surface area contributed by atoms with Crippen LogP contribution in [0.1, 0.15) is 22.3 Å². The zero-order valence-electron chi connectivity index (χ0n) is 14.6. The van der Waals surface area contributed by atoms with Crippen molar-refractivity contribution < 1.29 is 18.7 Å². The summed E-state index contributed by atoms with van der Waals surface area (Å²) in [6, 6.07) is 12.8. The van der Waals surface area contributed by atoms with Gasteiger partial charge in [-0.25, -0.2) is 9.59 Å². The van der Waals surface area contributed by atoms with Crippen molar-refractivity contribution in [3.63, 3.8) is 0 Å². The van der Waals surface area contributed by atoms with Crippen LogP contribution in [0.15, 0.2) is 51.7 Å². The fourth-order valence-corrected chi connectivity index (χ4v) is 3.20. The van der Waals surface area contributed by atoms with Crippen LogP contribution in [-0.4, -0.2) is 12.1 Å². The van der Waals surface area contributed by atoms with Gasteiger partial charge in [-0.15, -0.1) is 0 Å². The highest BCUT2D eigenvalue weighted by atomic mass is 16.6. The number of ether oxygens (including phenoxy) is 2. The van der Waals surface area contributed by atoms with Gasteiger partial charge in [0.1, 0.15) is 17.9 Å². The van der Waals surface area contributed by atoms with Crippen LogP contribution < -0.4 is 10.4 Å². The van der Waals surface area contributed by atoms with Crippen molar-refractivity contribution in [1.29, 1.82) is 0 Å². The molecule has 132 valence electrons. The molecule has 0 fully saturated rings. The molecule has 0 unspecified atom stereocenters. The summed E-state index contributed by atoms with van der Waals surface area (Å²) in [4.78, 5) is 24.3. The lowest BCUT2D eigenvalue weighted by Gasteiger charge is -2.12. The third-order valence-electron chi connectivity index (χ3n) is 4.80. The molecule has 0 saturated carbocycles. The zero-order valence-corrected chi connectivity index (χ0v) is 14.6. The van der Waals surface area contributed by atoms with Crippen molar-refractivity contribution in [1.82, 2.24) is 0 Å². The van der Waals surface area contributed by atoms with Crippen molar-refractivity contribution in [2.75, 3.05) is 0 Å². The molecule has 5 heteroatoms. The molecule has 0 saturated heterocycles. The SMILES string of the molecule is Cc1ccc2c(COC(=O)[C@H]3Cc4ccccc4O3)cc(=O)oc2c1C. The molecule has 1 atom stereocenters. The minimum atomic E-state index is -0.650. The summed E-state index contributed by atoms with van der Waals surface area (Å²) in [6.45, 7) is 3.86. The lowest BCUT2D eigenvalue weighted by Crippen LogP contribution is -2.27. The number of hydrogen-bond acceptors (Lipinski definition) is 5. The van der Waals surface area contributed by atoms with Crippen molar-refractivity contribution in [2.24, 2.45) is 0 Å². The van der Waals surface area contributed by atoms with Crippen LogP contribution in [-0.2, 0) is 22.6 Å². The van der Waals surface area contributed by atoms with Gasteiger partial charge in [0.25, 0.3) is 0 Å². The van der Waals surface area contributed by atoms with E-state index in [1.54, 1.807) is 0 Å². The first-order valence-electron chi connectivity index (χ1n) is 8.47. The fraction of sp³-hybridized carbons (Fsp3) is 0.238. The van der Waals surface area contributed by atoms with Crippen LogP contribution in [0.2, 0.25) is 0 Å². The highest BCUT2D eigenvalue weighted by molar-refractivity contribution is 5.84. The molecule has 0 N–H and O–H groups in total. The summed E-state index contributed by atoms with van der Waals surface area (Å²) >= 11 is 0. The Labute approximate surface area is 150 Å². The highest BCUT2D eigenvalue weighted by Crippen LogP contribution is 2.29. The normalized spacial score (nSPS) is 15.5. The molecule has 0 bridgehead atoms. The lowest BCUT2D eigenvalue weighted by atomic mass is 10.0. The van der Waals surface area contributed by atoms with Gasteiger partial charge < -0.3 is 13.9 Å². The Kier molecular flexibility index (Phi) is 3.99. The molecule has 2 aromatic carbocycles. The molecule has 4 rings (SSSR count). The van der Waals surface area contributed by atoms with Gasteiger partial charge in [0.2, 0.25) is 0 Å². The van der Waals surface area contributed by atoms with E-state index < -0.39 is 17.7 Å². The van der Waals surface area contributed by atoms with E-state index in [0.717, 1.165) is 22.1 Å². The Morgan fingerprint density at radius 2 is 2.00 bits per heavy atom. The largest absolute Gasteiger partial charge is 0.478 e. The van der Waals surface area contributed by atoms with E-state index in [0.29, 0.717) is 23.3 Å². The molecular formula is C21H18O5. The van der Waals surface area contributed by atoms with Crippen molar-refractivity contribution in [2.45, 2.75) is 33.0 Å². The third kappa shape index (κ3) is 2.86. The predicted molar refractivity (Wildman–Crippen MR) is 96.3 cm³/mol. The molecule has 2 heterocycles. The van der Waals surface area contributed by atoms with E-state index in [2.05, 4.69) is 0 Å².